The van der Waals surface area contributed by atoms with Crippen LogP contribution in [0.5, 0.6) is 28.7 Å². The zero-order valence-corrected chi connectivity index (χ0v) is 19.0. The number of hydrogen-bond acceptors (Lipinski definition) is 8. The van der Waals surface area contributed by atoms with Crippen molar-refractivity contribution in [3.63, 3.8) is 0 Å². The van der Waals surface area contributed by atoms with E-state index in [2.05, 4.69) is 5.10 Å². The van der Waals surface area contributed by atoms with Crippen molar-refractivity contribution in [1.82, 2.24) is 5.01 Å². The molecule has 1 amide bonds. The Morgan fingerprint density at radius 1 is 1.09 bits per heavy atom. The number of benzene rings is 2. The molecular formula is C24H22N2O6S. The summed E-state index contributed by atoms with van der Waals surface area (Å²) >= 11 is 1.60. The molecule has 5 rings (SSSR count). The van der Waals surface area contributed by atoms with Gasteiger partial charge < -0.3 is 23.7 Å². The maximum Gasteiger partial charge on any atom is 0.281 e. The monoisotopic (exact) mass is 466 g/mol. The van der Waals surface area contributed by atoms with E-state index in [1.54, 1.807) is 43.8 Å². The number of thiophene rings is 1. The Labute approximate surface area is 194 Å². The van der Waals surface area contributed by atoms with E-state index in [1.165, 1.54) is 5.01 Å². The van der Waals surface area contributed by atoms with Crippen molar-refractivity contribution >= 4 is 23.0 Å². The Morgan fingerprint density at radius 2 is 1.94 bits per heavy atom. The van der Waals surface area contributed by atoms with Gasteiger partial charge in [0.05, 0.1) is 30.9 Å². The minimum Gasteiger partial charge on any atom is -0.493 e. The van der Waals surface area contributed by atoms with Crippen LogP contribution in [0.2, 0.25) is 0 Å². The summed E-state index contributed by atoms with van der Waals surface area (Å²) in [4.78, 5) is 14.2. The maximum atomic E-state index is 13.2. The summed E-state index contributed by atoms with van der Waals surface area (Å²) in [5, 5.41) is 8.17. The molecule has 0 fully saturated rings. The van der Waals surface area contributed by atoms with Crippen molar-refractivity contribution in [2.45, 2.75) is 12.5 Å². The molecule has 2 aliphatic heterocycles. The van der Waals surface area contributed by atoms with Crippen LogP contribution in [0.4, 0.5) is 0 Å². The molecule has 2 aromatic carbocycles. The minimum absolute atomic E-state index is 0.162. The summed E-state index contributed by atoms with van der Waals surface area (Å²) in [7, 11) is 3.18. The van der Waals surface area contributed by atoms with Crippen molar-refractivity contribution < 1.29 is 28.5 Å². The van der Waals surface area contributed by atoms with Gasteiger partial charge in [-0.15, -0.1) is 11.3 Å². The molecule has 0 saturated carbocycles. The van der Waals surface area contributed by atoms with E-state index in [0.717, 1.165) is 16.2 Å². The molecule has 3 aromatic rings. The first kappa shape index (κ1) is 21.1. The van der Waals surface area contributed by atoms with Crippen molar-refractivity contribution in [1.29, 1.82) is 0 Å². The second-order valence-electron chi connectivity index (χ2n) is 7.40. The van der Waals surface area contributed by atoms with Gasteiger partial charge in [0.1, 0.15) is 5.75 Å². The predicted molar refractivity (Wildman–Crippen MR) is 123 cm³/mol. The lowest BCUT2D eigenvalue weighted by Crippen LogP contribution is -2.31. The molecule has 0 N–H and O–H groups in total. The van der Waals surface area contributed by atoms with Crippen molar-refractivity contribution in [2.24, 2.45) is 5.10 Å². The Hall–Kier alpha value is -3.72. The topological polar surface area (TPSA) is 78.8 Å². The van der Waals surface area contributed by atoms with E-state index in [4.69, 9.17) is 23.7 Å². The first-order valence-corrected chi connectivity index (χ1v) is 11.2. The Bertz CT molecular complexity index is 1190. The van der Waals surface area contributed by atoms with E-state index in [1.807, 2.05) is 35.7 Å². The summed E-state index contributed by atoms with van der Waals surface area (Å²) < 4.78 is 27.3. The molecule has 1 atom stereocenters. The zero-order chi connectivity index (χ0) is 22.8. The largest absolute Gasteiger partial charge is 0.493 e. The smallest absolute Gasteiger partial charge is 0.281 e. The number of methoxy groups -OCH3 is 2. The number of nitrogens with zero attached hydrogens (tertiary/aromatic N) is 2. The van der Waals surface area contributed by atoms with E-state index in [0.29, 0.717) is 35.2 Å². The van der Waals surface area contributed by atoms with Crippen LogP contribution < -0.4 is 23.7 Å². The third-order valence-corrected chi connectivity index (χ3v) is 6.39. The van der Waals surface area contributed by atoms with Gasteiger partial charge in [-0.3, -0.25) is 4.79 Å². The highest BCUT2D eigenvalue weighted by atomic mass is 32.1. The summed E-state index contributed by atoms with van der Waals surface area (Å²) in [6.45, 7) is 0.0172. The first-order chi connectivity index (χ1) is 16.2. The SMILES string of the molecule is COc1ccc(C2CC(c3cccs3)=NN2C(=O)COc2ccc3c(c2)OCO3)cc1OC. The predicted octanol–water partition coefficient (Wildman–Crippen LogP) is 4.25. The molecule has 3 heterocycles. The molecule has 2 aliphatic rings. The van der Waals surface area contributed by atoms with E-state index >= 15 is 0 Å². The van der Waals surface area contributed by atoms with Crippen molar-refractivity contribution in [3.05, 3.63) is 64.4 Å². The van der Waals surface area contributed by atoms with Gasteiger partial charge >= 0.3 is 0 Å². The maximum absolute atomic E-state index is 13.2. The molecular weight excluding hydrogens is 444 g/mol. The van der Waals surface area contributed by atoms with Crippen LogP contribution in [0.25, 0.3) is 0 Å². The second-order valence-corrected chi connectivity index (χ2v) is 8.35. The van der Waals surface area contributed by atoms with Crippen LogP contribution in [-0.2, 0) is 4.79 Å². The van der Waals surface area contributed by atoms with E-state index in [-0.39, 0.29) is 25.3 Å². The van der Waals surface area contributed by atoms with Crippen molar-refractivity contribution in [2.75, 3.05) is 27.6 Å². The molecule has 0 spiro atoms. The van der Waals surface area contributed by atoms with Crippen LogP contribution >= 0.6 is 11.3 Å². The van der Waals surface area contributed by atoms with Gasteiger partial charge in [0.15, 0.2) is 29.6 Å². The molecule has 8 nitrogen and oxygen atoms in total. The molecule has 0 bridgehead atoms. The molecule has 1 unspecified atom stereocenters. The van der Waals surface area contributed by atoms with Gasteiger partial charge in [-0.1, -0.05) is 12.1 Å². The van der Waals surface area contributed by atoms with Crippen LogP contribution in [-0.4, -0.2) is 44.2 Å². The number of amides is 1. The quantitative estimate of drug-likeness (QED) is 0.518. The summed E-state index contributed by atoms with van der Waals surface area (Å²) in [6, 6.07) is 14.6. The lowest BCUT2D eigenvalue weighted by Gasteiger charge is -2.23. The number of hydrazone groups is 1. The highest BCUT2D eigenvalue weighted by molar-refractivity contribution is 7.12. The second kappa shape index (κ2) is 9.03. The normalized spacial score (nSPS) is 16.5. The molecule has 0 aliphatic carbocycles. The highest BCUT2D eigenvalue weighted by Gasteiger charge is 2.34. The fraction of sp³-hybridized carbons (Fsp3) is 0.250. The van der Waals surface area contributed by atoms with E-state index < -0.39 is 0 Å². The van der Waals surface area contributed by atoms with Gasteiger partial charge in [0.25, 0.3) is 5.91 Å². The highest BCUT2D eigenvalue weighted by Crippen LogP contribution is 2.38. The van der Waals surface area contributed by atoms with Gasteiger partial charge in [0.2, 0.25) is 6.79 Å². The number of carbonyl (C=O) groups is 1. The Morgan fingerprint density at radius 3 is 2.73 bits per heavy atom. The van der Waals surface area contributed by atoms with Gasteiger partial charge in [0, 0.05) is 12.5 Å². The number of carbonyl (C=O) groups excluding carboxylic acids is 1. The Balaban J connectivity index is 1.38. The average molecular weight is 467 g/mol. The summed E-state index contributed by atoms with van der Waals surface area (Å²) in [5.74, 6) is 2.76. The minimum atomic E-state index is -0.283. The third-order valence-electron chi connectivity index (χ3n) is 5.47. The zero-order valence-electron chi connectivity index (χ0n) is 18.1. The van der Waals surface area contributed by atoms with Crippen LogP contribution in [0.1, 0.15) is 22.9 Å². The molecule has 0 saturated heterocycles. The van der Waals surface area contributed by atoms with Crippen LogP contribution in [0.15, 0.2) is 59.0 Å². The lowest BCUT2D eigenvalue weighted by atomic mass is 10.0. The van der Waals surface area contributed by atoms with Crippen LogP contribution in [0.3, 0.4) is 0 Å². The fourth-order valence-electron chi connectivity index (χ4n) is 3.83. The summed E-state index contributed by atoms with van der Waals surface area (Å²) in [5.41, 5.74) is 1.76. The molecule has 0 radical (unpaired) electrons. The lowest BCUT2D eigenvalue weighted by molar-refractivity contribution is -0.135. The van der Waals surface area contributed by atoms with Gasteiger partial charge in [-0.2, -0.15) is 5.10 Å². The average Bonchev–Trinajstić information content (AvgIpc) is 3.61. The molecule has 170 valence electrons. The first-order valence-electron chi connectivity index (χ1n) is 10.3. The molecule has 33 heavy (non-hydrogen) atoms. The summed E-state index contributed by atoms with van der Waals surface area (Å²) in [6.07, 6.45) is 0.589. The molecule has 1 aromatic heterocycles. The Kier molecular flexibility index (Phi) is 5.78. The standard InChI is InChI=1S/C24H22N2O6S/c1-28-19-7-5-15(10-21(19)29-2)18-12-17(23-4-3-9-33-23)25-26(18)24(27)13-30-16-6-8-20-22(11-16)32-14-31-20/h3-11,18H,12-14H2,1-2H3. The fourth-order valence-corrected chi connectivity index (χ4v) is 4.55. The van der Waals surface area contributed by atoms with Crippen molar-refractivity contribution in [3.8, 4) is 28.7 Å². The number of hydrogen-bond donors (Lipinski definition) is 0. The number of ether oxygens (including phenoxy) is 5. The number of fused-ring (bicyclic) bond motifs is 1. The third kappa shape index (κ3) is 4.19. The van der Waals surface area contributed by atoms with E-state index in [9.17, 15) is 4.79 Å². The van der Waals surface area contributed by atoms with Crippen LogP contribution in [0, 0.1) is 0 Å². The number of rotatable bonds is 7. The van der Waals surface area contributed by atoms with Gasteiger partial charge in [-0.25, -0.2) is 5.01 Å². The van der Waals surface area contributed by atoms with Gasteiger partial charge in [-0.05, 0) is 41.3 Å². The molecule has 9 heteroatoms.